The fourth-order valence-electron chi connectivity index (χ4n) is 3.56. The zero-order chi connectivity index (χ0) is 17.9. The molecule has 1 aliphatic rings. The van der Waals surface area contributed by atoms with Crippen molar-refractivity contribution in [3.05, 3.63) is 60.4 Å². The van der Waals surface area contributed by atoms with Crippen molar-refractivity contribution in [1.82, 2.24) is 14.9 Å². The summed E-state index contributed by atoms with van der Waals surface area (Å²) in [6.07, 6.45) is 4.30. The van der Waals surface area contributed by atoms with E-state index >= 15 is 0 Å². The van der Waals surface area contributed by atoms with Gasteiger partial charge >= 0.3 is 0 Å². The van der Waals surface area contributed by atoms with Crippen molar-refractivity contribution in [2.45, 2.75) is 12.5 Å². The summed E-state index contributed by atoms with van der Waals surface area (Å²) < 4.78 is 0. The molecule has 1 saturated heterocycles. The summed E-state index contributed by atoms with van der Waals surface area (Å²) in [5.74, 6) is 0.985. The number of nitrogens with zero attached hydrogens (tertiary/aromatic N) is 3. The molecule has 6 heteroatoms. The highest BCUT2D eigenvalue weighted by atomic mass is 16.2. The first-order valence-corrected chi connectivity index (χ1v) is 8.98. The van der Waals surface area contributed by atoms with Crippen LogP contribution >= 0.6 is 0 Å². The van der Waals surface area contributed by atoms with E-state index in [1.54, 1.807) is 6.20 Å². The van der Waals surface area contributed by atoms with Crippen LogP contribution in [0, 0.1) is 0 Å². The van der Waals surface area contributed by atoms with Crippen LogP contribution in [0.2, 0.25) is 0 Å². The van der Waals surface area contributed by atoms with Crippen molar-refractivity contribution in [3.8, 4) is 0 Å². The third-order valence-corrected chi connectivity index (χ3v) is 5.00. The Kier molecular flexibility index (Phi) is 4.58. The minimum absolute atomic E-state index is 0.0240. The maximum Gasteiger partial charge on any atom is 0.239 e. The number of hydrogen-bond donors (Lipinski definition) is 2. The highest BCUT2D eigenvalue weighted by Gasteiger charge is 2.26. The quantitative estimate of drug-likeness (QED) is 0.753. The fraction of sp³-hybridized carbons (Fsp3) is 0.300. The standard InChI is InChI=1S/C20H23N5O/c21-17(13-15-14-23-18-6-2-1-5-16(15)18)20(26)25-11-9-24(10-12-25)19-7-3-4-8-22-19/h1-8,14,17,23H,9-13,21H2/t17-/m0/s1. The zero-order valence-electron chi connectivity index (χ0n) is 14.6. The van der Waals surface area contributed by atoms with Gasteiger partial charge in [0.2, 0.25) is 5.91 Å². The molecule has 2 aromatic heterocycles. The lowest BCUT2D eigenvalue weighted by atomic mass is 10.0. The summed E-state index contributed by atoms with van der Waals surface area (Å²) >= 11 is 0. The number of fused-ring (bicyclic) bond motifs is 1. The number of aromatic amines is 1. The number of carbonyl (C=O) groups is 1. The molecular formula is C20H23N5O. The Labute approximate surface area is 152 Å². The van der Waals surface area contributed by atoms with E-state index in [2.05, 4.69) is 20.9 Å². The van der Waals surface area contributed by atoms with Gasteiger partial charge in [0.05, 0.1) is 6.04 Å². The maximum absolute atomic E-state index is 12.8. The third-order valence-electron chi connectivity index (χ3n) is 5.00. The molecule has 134 valence electrons. The molecule has 1 fully saturated rings. The predicted molar refractivity (Wildman–Crippen MR) is 103 cm³/mol. The van der Waals surface area contributed by atoms with Gasteiger partial charge in [0, 0.05) is 49.5 Å². The Bertz CT molecular complexity index is 883. The zero-order valence-corrected chi connectivity index (χ0v) is 14.6. The van der Waals surface area contributed by atoms with Gasteiger partial charge in [-0.1, -0.05) is 24.3 Å². The number of nitrogens with two attached hydrogens (primary N) is 1. The Morgan fingerprint density at radius 2 is 1.88 bits per heavy atom. The van der Waals surface area contributed by atoms with Gasteiger partial charge < -0.3 is 20.5 Å². The maximum atomic E-state index is 12.8. The first-order chi connectivity index (χ1) is 12.7. The van der Waals surface area contributed by atoms with Gasteiger partial charge in [-0.3, -0.25) is 4.79 Å². The summed E-state index contributed by atoms with van der Waals surface area (Å²) in [5, 5.41) is 1.13. The van der Waals surface area contributed by atoms with Crippen molar-refractivity contribution in [2.24, 2.45) is 5.73 Å². The van der Waals surface area contributed by atoms with Crippen molar-refractivity contribution < 1.29 is 4.79 Å². The van der Waals surface area contributed by atoms with Gasteiger partial charge in [0.15, 0.2) is 0 Å². The average molecular weight is 349 g/mol. The Balaban J connectivity index is 1.37. The number of H-pyrrole nitrogens is 1. The summed E-state index contributed by atoms with van der Waals surface area (Å²) in [6.45, 7) is 2.92. The smallest absolute Gasteiger partial charge is 0.239 e. The number of nitrogens with one attached hydrogen (secondary N) is 1. The van der Waals surface area contributed by atoms with Gasteiger partial charge in [0.25, 0.3) is 0 Å². The van der Waals surface area contributed by atoms with Crippen molar-refractivity contribution in [3.63, 3.8) is 0 Å². The van der Waals surface area contributed by atoms with Crippen molar-refractivity contribution in [2.75, 3.05) is 31.1 Å². The van der Waals surface area contributed by atoms with Crippen LogP contribution in [-0.2, 0) is 11.2 Å². The van der Waals surface area contributed by atoms with E-state index in [0.717, 1.165) is 35.4 Å². The minimum Gasteiger partial charge on any atom is -0.361 e. The summed E-state index contributed by atoms with van der Waals surface area (Å²) in [6, 6.07) is 13.5. The van der Waals surface area contributed by atoms with E-state index in [1.807, 2.05) is 47.5 Å². The van der Waals surface area contributed by atoms with Crippen LogP contribution in [-0.4, -0.2) is 53.0 Å². The van der Waals surface area contributed by atoms with Gasteiger partial charge in [-0.05, 0) is 30.2 Å². The Morgan fingerprint density at radius 1 is 1.12 bits per heavy atom. The SMILES string of the molecule is N[C@@H](Cc1c[nH]c2ccccc12)C(=O)N1CCN(c2ccccn2)CC1. The molecule has 3 N–H and O–H groups in total. The van der Waals surface area contributed by atoms with Gasteiger partial charge in [-0.25, -0.2) is 4.98 Å². The highest BCUT2D eigenvalue weighted by Crippen LogP contribution is 2.19. The van der Waals surface area contributed by atoms with Crippen LogP contribution in [0.5, 0.6) is 0 Å². The topological polar surface area (TPSA) is 78.2 Å². The van der Waals surface area contributed by atoms with Crippen LogP contribution < -0.4 is 10.6 Å². The Hall–Kier alpha value is -2.86. The average Bonchev–Trinajstić information content (AvgIpc) is 3.11. The van der Waals surface area contributed by atoms with Crippen LogP contribution in [0.3, 0.4) is 0 Å². The van der Waals surface area contributed by atoms with Crippen LogP contribution in [0.15, 0.2) is 54.9 Å². The lowest BCUT2D eigenvalue weighted by Gasteiger charge is -2.36. The number of amides is 1. The van der Waals surface area contributed by atoms with E-state index in [9.17, 15) is 4.79 Å². The molecule has 6 nitrogen and oxygen atoms in total. The molecule has 26 heavy (non-hydrogen) atoms. The molecule has 0 aliphatic carbocycles. The lowest BCUT2D eigenvalue weighted by molar-refractivity contribution is -0.132. The molecule has 1 amide bonds. The number of rotatable bonds is 4. The minimum atomic E-state index is -0.518. The Morgan fingerprint density at radius 3 is 2.65 bits per heavy atom. The van der Waals surface area contributed by atoms with E-state index in [1.165, 1.54) is 0 Å². The molecule has 3 heterocycles. The molecule has 1 atom stereocenters. The van der Waals surface area contributed by atoms with E-state index < -0.39 is 6.04 Å². The lowest BCUT2D eigenvalue weighted by Crippen LogP contribution is -2.53. The van der Waals surface area contributed by atoms with Gasteiger partial charge in [-0.15, -0.1) is 0 Å². The van der Waals surface area contributed by atoms with Crippen molar-refractivity contribution in [1.29, 1.82) is 0 Å². The number of para-hydroxylation sites is 1. The predicted octanol–water partition coefficient (Wildman–Crippen LogP) is 1.78. The largest absolute Gasteiger partial charge is 0.361 e. The number of hydrogen-bond acceptors (Lipinski definition) is 4. The monoisotopic (exact) mass is 349 g/mol. The molecule has 4 rings (SSSR count). The van der Waals surface area contributed by atoms with E-state index in [4.69, 9.17) is 5.73 Å². The second-order valence-corrected chi connectivity index (χ2v) is 6.67. The molecule has 3 aromatic rings. The number of benzene rings is 1. The number of piperazine rings is 1. The summed E-state index contributed by atoms with van der Waals surface area (Å²) in [7, 11) is 0. The normalized spacial score (nSPS) is 16.0. The fourth-order valence-corrected chi connectivity index (χ4v) is 3.56. The van der Waals surface area contributed by atoms with Crippen molar-refractivity contribution >= 4 is 22.6 Å². The summed E-state index contributed by atoms with van der Waals surface area (Å²) in [4.78, 5) is 24.5. The molecule has 0 unspecified atom stereocenters. The number of aromatic nitrogens is 2. The summed E-state index contributed by atoms with van der Waals surface area (Å²) in [5.41, 5.74) is 8.41. The first-order valence-electron chi connectivity index (χ1n) is 8.98. The number of pyridine rings is 1. The van der Waals surface area contributed by atoms with Crippen LogP contribution in [0.4, 0.5) is 5.82 Å². The number of anilines is 1. The molecule has 0 bridgehead atoms. The van der Waals surface area contributed by atoms with Crippen LogP contribution in [0.1, 0.15) is 5.56 Å². The molecular weight excluding hydrogens is 326 g/mol. The highest BCUT2D eigenvalue weighted by molar-refractivity contribution is 5.86. The molecule has 1 aromatic carbocycles. The molecule has 0 saturated carbocycles. The van der Waals surface area contributed by atoms with E-state index in [-0.39, 0.29) is 5.91 Å². The third kappa shape index (κ3) is 3.28. The van der Waals surface area contributed by atoms with Crippen LogP contribution in [0.25, 0.3) is 10.9 Å². The van der Waals surface area contributed by atoms with Gasteiger partial charge in [0.1, 0.15) is 5.82 Å². The van der Waals surface area contributed by atoms with E-state index in [0.29, 0.717) is 19.5 Å². The molecule has 1 aliphatic heterocycles. The molecule has 0 radical (unpaired) electrons. The first kappa shape index (κ1) is 16.6. The number of carbonyl (C=O) groups excluding carboxylic acids is 1. The second kappa shape index (κ2) is 7.17. The second-order valence-electron chi connectivity index (χ2n) is 6.67. The van der Waals surface area contributed by atoms with Gasteiger partial charge in [-0.2, -0.15) is 0 Å². The molecule has 0 spiro atoms.